The number of anilines is 2. The van der Waals surface area contributed by atoms with Crippen LogP contribution in [-0.2, 0) is 0 Å². The number of piperidine rings is 1. The smallest absolute Gasteiger partial charge is 0.260 e. The van der Waals surface area contributed by atoms with Gasteiger partial charge in [0.2, 0.25) is 5.95 Å². The van der Waals surface area contributed by atoms with Crippen LogP contribution in [0, 0.1) is 11.3 Å². The maximum atomic E-state index is 12.2. The van der Waals surface area contributed by atoms with Crippen LogP contribution in [0.1, 0.15) is 18.4 Å². The quantitative estimate of drug-likeness (QED) is 0.755. The number of benzene rings is 1. The van der Waals surface area contributed by atoms with Crippen LogP contribution < -0.4 is 15.8 Å². The van der Waals surface area contributed by atoms with Crippen LogP contribution in [0.15, 0.2) is 47.4 Å². The van der Waals surface area contributed by atoms with Gasteiger partial charge in [0.1, 0.15) is 11.9 Å². The molecule has 2 N–H and O–H groups in total. The van der Waals surface area contributed by atoms with Crippen molar-refractivity contribution in [3.05, 3.63) is 58.5 Å². The minimum atomic E-state index is -0.127. The zero-order valence-electron chi connectivity index (χ0n) is 14.1. The lowest BCUT2D eigenvalue weighted by atomic mass is 10.1. The molecular formula is C19H18N6O. The van der Waals surface area contributed by atoms with Crippen molar-refractivity contribution in [3.63, 3.8) is 0 Å². The number of hydrogen-bond acceptors (Lipinski definition) is 6. The molecule has 7 nitrogen and oxygen atoms in total. The second kappa shape index (κ2) is 6.84. The van der Waals surface area contributed by atoms with E-state index in [0.717, 1.165) is 31.7 Å². The standard InChI is InChI=1S/C19H18N6O/c20-11-13-5-6-17(21-12-13)25-9-7-14(8-10-25)22-19-23-16-4-2-1-3-15(16)18(26)24-19/h1-6,12,14H,7-10H2,(H2,22,23,24,26). The molecule has 3 aromatic rings. The fourth-order valence-corrected chi connectivity index (χ4v) is 3.24. The van der Waals surface area contributed by atoms with E-state index in [2.05, 4.69) is 31.2 Å². The Balaban J connectivity index is 1.42. The number of aromatic nitrogens is 3. The van der Waals surface area contributed by atoms with E-state index in [9.17, 15) is 4.79 Å². The summed E-state index contributed by atoms with van der Waals surface area (Å²) >= 11 is 0. The highest BCUT2D eigenvalue weighted by atomic mass is 16.1. The van der Waals surface area contributed by atoms with Crippen molar-refractivity contribution in [2.24, 2.45) is 0 Å². The number of hydrogen-bond donors (Lipinski definition) is 2. The van der Waals surface area contributed by atoms with Gasteiger partial charge in [0.15, 0.2) is 0 Å². The molecular weight excluding hydrogens is 328 g/mol. The average molecular weight is 346 g/mol. The Labute approximate surface area is 150 Å². The van der Waals surface area contributed by atoms with E-state index in [1.54, 1.807) is 18.3 Å². The van der Waals surface area contributed by atoms with Crippen LogP contribution >= 0.6 is 0 Å². The van der Waals surface area contributed by atoms with Gasteiger partial charge in [-0.2, -0.15) is 5.26 Å². The lowest BCUT2D eigenvalue weighted by Crippen LogP contribution is -2.40. The number of nitrogens with one attached hydrogen (secondary N) is 2. The maximum Gasteiger partial charge on any atom is 0.260 e. The van der Waals surface area contributed by atoms with Gasteiger partial charge >= 0.3 is 0 Å². The van der Waals surface area contributed by atoms with E-state index in [1.165, 1.54) is 0 Å². The largest absolute Gasteiger partial charge is 0.356 e. The first-order chi connectivity index (χ1) is 12.7. The van der Waals surface area contributed by atoms with Gasteiger partial charge in [-0.15, -0.1) is 0 Å². The number of nitriles is 1. The topological polar surface area (TPSA) is 97.7 Å². The molecule has 130 valence electrons. The van der Waals surface area contributed by atoms with E-state index in [0.29, 0.717) is 22.4 Å². The van der Waals surface area contributed by atoms with Crippen molar-refractivity contribution in [2.45, 2.75) is 18.9 Å². The Hall–Kier alpha value is -3.40. The summed E-state index contributed by atoms with van der Waals surface area (Å²) in [6.07, 6.45) is 3.43. The summed E-state index contributed by atoms with van der Waals surface area (Å²) in [5, 5.41) is 12.8. The van der Waals surface area contributed by atoms with Gasteiger partial charge in [0.25, 0.3) is 5.56 Å². The van der Waals surface area contributed by atoms with Crippen molar-refractivity contribution in [3.8, 4) is 6.07 Å². The molecule has 26 heavy (non-hydrogen) atoms. The van der Waals surface area contributed by atoms with Crippen molar-refractivity contribution in [2.75, 3.05) is 23.3 Å². The summed E-state index contributed by atoms with van der Waals surface area (Å²) in [7, 11) is 0. The highest BCUT2D eigenvalue weighted by Crippen LogP contribution is 2.20. The molecule has 0 spiro atoms. The predicted molar refractivity (Wildman–Crippen MR) is 100 cm³/mol. The minimum absolute atomic E-state index is 0.127. The van der Waals surface area contributed by atoms with Gasteiger partial charge in [-0.05, 0) is 37.1 Å². The molecule has 4 rings (SSSR count). The molecule has 0 amide bonds. The highest BCUT2D eigenvalue weighted by Gasteiger charge is 2.20. The molecule has 3 heterocycles. The van der Waals surface area contributed by atoms with E-state index < -0.39 is 0 Å². The van der Waals surface area contributed by atoms with Crippen LogP contribution in [0.25, 0.3) is 10.9 Å². The van der Waals surface area contributed by atoms with Crippen molar-refractivity contribution in [1.29, 1.82) is 5.26 Å². The third kappa shape index (κ3) is 3.22. The number of H-pyrrole nitrogens is 1. The Morgan fingerprint density at radius 2 is 2.00 bits per heavy atom. The van der Waals surface area contributed by atoms with Gasteiger partial charge in [-0.1, -0.05) is 12.1 Å². The Kier molecular flexibility index (Phi) is 4.23. The van der Waals surface area contributed by atoms with E-state index in [4.69, 9.17) is 5.26 Å². The summed E-state index contributed by atoms with van der Waals surface area (Å²) in [6, 6.07) is 13.3. The van der Waals surface area contributed by atoms with Crippen LogP contribution in [-0.4, -0.2) is 34.1 Å². The van der Waals surface area contributed by atoms with Crippen LogP contribution in [0.3, 0.4) is 0 Å². The molecule has 1 aliphatic heterocycles. The van der Waals surface area contributed by atoms with Crippen LogP contribution in [0.5, 0.6) is 0 Å². The maximum absolute atomic E-state index is 12.2. The first-order valence-corrected chi connectivity index (χ1v) is 8.59. The third-order valence-corrected chi connectivity index (χ3v) is 4.65. The van der Waals surface area contributed by atoms with Gasteiger partial charge in [-0.3, -0.25) is 9.78 Å². The normalized spacial score (nSPS) is 15.0. The number of pyridine rings is 1. The number of aromatic amines is 1. The number of para-hydroxylation sites is 1. The minimum Gasteiger partial charge on any atom is -0.356 e. The lowest BCUT2D eigenvalue weighted by molar-refractivity contribution is 0.521. The summed E-state index contributed by atoms with van der Waals surface area (Å²) < 4.78 is 0. The fraction of sp³-hybridized carbons (Fsp3) is 0.263. The van der Waals surface area contributed by atoms with Crippen molar-refractivity contribution < 1.29 is 0 Å². The summed E-state index contributed by atoms with van der Waals surface area (Å²) in [4.78, 5) is 26.0. The molecule has 1 aromatic carbocycles. The SMILES string of the molecule is N#Cc1ccc(N2CCC(Nc3nc4ccccc4c(=O)[nH]3)CC2)nc1. The van der Waals surface area contributed by atoms with Crippen LogP contribution in [0.4, 0.5) is 11.8 Å². The second-order valence-electron chi connectivity index (χ2n) is 6.35. The van der Waals surface area contributed by atoms with E-state index in [-0.39, 0.29) is 11.6 Å². The lowest BCUT2D eigenvalue weighted by Gasteiger charge is -2.33. The van der Waals surface area contributed by atoms with Crippen molar-refractivity contribution >= 4 is 22.7 Å². The molecule has 0 unspecified atom stereocenters. The monoisotopic (exact) mass is 346 g/mol. The van der Waals surface area contributed by atoms with E-state index >= 15 is 0 Å². The molecule has 0 atom stereocenters. The number of nitrogens with zero attached hydrogens (tertiary/aromatic N) is 4. The van der Waals surface area contributed by atoms with E-state index in [1.807, 2.05) is 24.3 Å². The molecule has 1 fully saturated rings. The highest BCUT2D eigenvalue weighted by molar-refractivity contribution is 5.78. The molecule has 0 aliphatic carbocycles. The molecule has 2 aromatic heterocycles. The first-order valence-electron chi connectivity index (χ1n) is 8.59. The molecule has 0 saturated carbocycles. The Bertz CT molecular complexity index is 1010. The molecule has 1 saturated heterocycles. The molecule has 0 bridgehead atoms. The zero-order valence-corrected chi connectivity index (χ0v) is 14.1. The molecule has 0 radical (unpaired) electrons. The second-order valence-corrected chi connectivity index (χ2v) is 6.35. The zero-order chi connectivity index (χ0) is 17.9. The number of fused-ring (bicyclic) bond motifs is 1. The summed E-state index contributed by atoms with van der Waals surface area (Å²) in [5.41, 5.74) is 1.13. The average Bonchev–Trinajstić information content (AvgIpc) is 2.69. The number of rotatable bonds is 3. The van der Waals surface area contributed by atoms with Gasteiger partial charge < -0.3 is 10.2 Å². The fourth-order valence-electron chi connectivity index (χ4n) is 3.24. The Morgan fingerprint density at radius 3 is 2.73 bits per heavy atom. The molecule has 7 heteroatoms. The van der Waals surface area contributed by atoms with Gasteiger partial charge in [-0.25, -0.2) is 9.97 Å². The Morgan fingerprint density at radius 1 is 1.19 bits per heavy atom. The molecule has 1 aliphatic rings. The third-order valence-electron chi connectivity index (χ3n) is 4.65. The summed E-state index contributed by atoms with van der Waals surface area (Å²) in [5.74, 6) is 1.41. The van der Waals surface area contributed by atoms with Gasteiger partial charge in [0.05, 0.1) is 16.5 Å². The predicted octanol–water partition coefficient (Wildman–Crippen LogP) is 2.27. The van der Waals surface area contributed by atoms with Crippen molar-refractivity contribution in [1.82, 2.24) is 15.0 Å². The van der Waals surface area contributed by atoms with Gasteiger partial charge in [0, 0.05) is 25.3 Å². The summed E-state index contributed by atoms with van der Waals surface area (Å²) in [6.45, 7) is 1.71. The van der Waals surface area contributed by atoms with Crippen LogP contribution in [0.2, 0.25) is 0 Å². The first kappa shape index (κ1) is 16.1.